The fraction of sp³-hybridized carbons (Fsp3) is 0.532. The van der Waals surface area contributed by atoms with Crippen molar-refractivity contribution in [3.05, 3.63) is 158 Å². The highest BCUT2D eigenvalue weighted by Gasteiger charge is 2.32. The van der Waals surface area contributed by atoms with Crippen molar-refractivity contribution in [2.45, 2.75) is 252 Å². The zero-order valence-electron chi connectivity index (χ0n) is 59.3. The summed E-state index contributed by atoms with van der Waals surface area (Å²) in [6, 6.07) is 25.3. The van der Waals surface area contributed by atoms with Gasteiger partial charge in [-0.3, -0.25) is 43.2 Å². The van der Waals surface area contributed by atoms with Crippen molar-refractivity contribution in [3.63, 3.8) is 0 Å². The Morgan fingerprint density at radius 3 is 1.12 bits per heavy atom. The highest BCUT2D eigenvalue weighted by atomic mass is 16.6. The number of nitrogens with one attached hydrogen (secondary N) is 1. The van der Waals surface area contributed by atoms with Gasteiger partial charge >= 0.3 is 41.8 Å². The predicted octanol–water partition coefficient (Wildman–Crippen LogP) is 13.7. The number of ketones is 2. The zero-order chi connectivity index (χ0) is 73.2. The van der Waals surface area contributed by atoms with E-state index in [0.29, 0.717) is 51.4 Å². The first-order valence-electron chi connectivity index (χ1n) is 33.5. The monoisotopic (exact) mass is 1350 g/mol. The van der Waals surface area contributed by atoms with Crippen LogP contribution in [0.15, 0.2) is 142 Å². The molecule has 0 bridgehead atoms. The number of aliphatic carboxylic acids is 1. The van der Waals surface area contributed by atoms with Crippen LogP contribution in [0.25, 0.3) is 0 Å². The Morgan fingerprint density at radius 1 is 0.423 bits per heavy atom. The summed E-state index contributed by atoms with van der Waals surface area (Å²) < 4.78 is 31.3. The molecule has 0 aliphatic carbocycles. The summed E-state index contributed by atoms with van der Waals surface area (Å²) >= 11 is 0. The van der Waals surface area contributed by atoms with Gasteiger partial charge in [0.1, 0.15) is 66.3 Å². The van der Waals surface area contributed by atoms with Crippen LogP contribution < -0.4 is 16.8 Å². The van der Waals surface area contributed by atoms with Crippen molar-refractivity contribution in [2.24, 2.45) is 23.3 Å². The third-order valence-electron chi connectivity index (χ3n) is 13.6. The highest BCUT2D eigenvalue weighted by Crippen LogP contribution is 2.20. The standard InChI is InChI=1S/C31H45NO6.C18H22O5.C15H21NO4.C13H25NO2/c1-6-8-10-11-16-20-27(30(36)38-31(3,4)5)32-29(35)25(21-26(33)19-13-9-7-2)22-28(34)37-23-24-17-14-12-15-18-24;1-2-3-5-10-16(19)11-15(18(21)22)12-17(20)23-13-14-8-6-4-7-9-14;1-15(2,3)20-14(18)12(16)9-13(17)19-10-11-7-5-4-6-8-11;1-5-6-7-8-9-10-11(14)12(15)16-13(2,3)4/h6-7,12,14-15,17-18,25,27H,1-2,8-11,13,16,19-23H2,3-5H3,(H,32,35);2,4,6-9,15H,1,3,5,10-13H2,(H,21,22);4-8,12H,9-10,16H2,1-3H3;5,11H,1,6-10,14H2,2-4H3/t25-,27-;15-;12-;11-/m0000/s1. The molecule has 20 heteroatoms. The van der Waals surface area contributed by atoms with Gasteiger partial charge < -0.3 is 50.3 Å². The number of nitrogens with two attached hydrogens (primary N) is 2. The Bertz CT molecular complexity index is 2840. The highest BCUT2D eigenvalue weighted by molar-refractivity contribution is 5.92. The number of carbonyl (C=O) groups excluding carboxylic acids is 9. The lowest BCUT2D eigenvalue weighted by Gasteiger charge is -2.26. The minimum absolute atomic E-state index is 0.0759. The maximum Gasteiger partial charge on any atom is 0.329 e. The van der Waals surface area contributed by atoms with Crippen molar-refractivity contribution < 1.29 is 81.5 Å². The van der Waals surface area contributed by atoms with Crippen LogP contribution in [0.3, 0.4) is 0 Å². The van der Waals surface area contributed by atoms with E-state index < -0.39 is 88.5 Å². The van der Waals surface area contributed by atoms with E-state index in [-0.39, 0.29) is 75.9 Å². The van der Waals surface area contributed by atoms with Crippen LogP contribution in [0.1, 0.15) is 214 Å². The normalized spacial score (nSPS) is 12.4. The van der Waals surface area contributed by atoms with Crippen LogP contribution in [0, 0.1) is 11.8 Å². The Labute approximate surface area is 577 Å². The molecule has 0 radical (unpaired) electrons. The van der Waals surface area contributed by atoms with Crippen LogP contribution in [0.5, 0.6) is 0 Å². The maximum atomic E-state index is 13.3. The number of Topliss-reactive ketones (excluding diaryl/α,β-unsaturated/α-hetero) is 2. The van der Waals surface area contributed by atoms with Crippen molar-refractivity contribution in [1.82, 2.24) is 5.32 Å². The van der Waals surface area contributed by atoms with Gasteiger partial charge in [0.15, 0.2) is 0 Å². The number of allylic oxidation sites excluding steroid dienone is 4. The number of hydrogen-bond acceptors (Lipinski definition) is 18. The van der Waals surface area contributed by atoms with Crippen molar-refractivity contribution in [3.8, 4) is 0 Å². The van der Waals surface area contributed by atoms with Crippen LogP contribution in [0.2, 0.25) is 0 Å². The second-order valence-corrected chi connectivity index (χ2v) is 26.4. The second kappa shape index (κ2) is 50.9. The average molecular weight is 1350 g/mol. The fourth-order valence-corrected chi connectivity index (χ4v) is 8.63. The van der Waals surface area contributed by atoms with Crippen LogP contribution >= 0.6 is 0 Å². The van der Waals surface area contributed by atoms with Gasteiger partial charge in [-0.25, -0.2) is 4.79 Å². The topological polar surface area (TPSA) is 310 Å². The summed E-state index contributed by atoms with van der Waals surface area (Å²) in [5, 5.41) is 11.9. The van der Waals surface area contributed by atoms with Crippen LogP contribution in [0.4, 0.5) is 0 Å². The Balaban J connectivity index is 0.00000134. The predicted molar refractivity (Wildman–Crippen MR) is 377 cm³/mol. The molecule has 0 saturated carbocycles. The molecule has 0 saturated heterocycles. The van der Waals surface area contributed by atoms with Gasteiger partial charge in [0, 0.05) is 25.7 Å². The molecule has 20 nitrogen and oxygen atoms in total. The quantitative estimate of drug-likeness (QED) is 0.0177. The molecule has 97 heavy (non-hydrogen) atoms. The number of benzene rings is 3. The van der Waals surface area contributed by atoms with Crippen molar-refractivity contribution >= 4 is 59.3 Å². The Morgan fingerprint density at radius 2 is 0.753 bits per heavy atom. The minimum atomic E-state index is -1.15. The lowest BCUT2D eigenvalue weighted by atomic mass is 9.94. The van der Waals surface area contributed by atoms with Gasteiger partial charge in [-0.1, -0.05) is 141 Å². The molecule has 0 spiro atoms. The van der Waals surface area contributed by atoms with E-state index >= 15 is 0 Å². The summed E-state index contributed by atoms with van der Waals surface area (Å²) in [5.74, 6) is -7.08. The molecular weight excluding hydrogens is 1240 g/mol. The molecule has 3 aromatic rings. The number of unbranched alkanes of at least 4 members (excludes halogenated alkanes) is 8. The third-order valence-corrected chi connectivity index (χ3v) is 13.6. The average Bonchev–Trinajstić information content (AvgIpc) is 0.910. The molecule has 0 heterocycles. The number of esters is 6. The molecule has 5 atom stereocenters. The number of hydrogen-bond donors (Lipinski definition) is 4. The fourth-order valence-electron chi connectivity index (χ4n) is 8.63. The Hall–Kier alpha value is -8.36. The molecule has 0 aliphatic heterocycles. The molecule has 0 aliphatic rings. The summed E-state index contributed by atoms with van der Waals surface area (Å²) in [7, 11) is 0. The van der Waals surface area contributed by atoms with E-state index in [2.05, 4.69) is 31.6 Å². The van der Waals surface area contributed by atoms with Gasteiger partial charge in [0.05, 0.1) is 31.1 Å². The molecule has 0 aromatic heterocycles. The second-order valence-electron chi connectivity index (χ2n) is 26.4. The van der Waals surface area contributed by atoms with E-state index in [9.17, 15) is 47.9 Å². The van der Waals surface area contributed by atoms with Crippen molar-refractivity contribution in [2.75, 3.05) is 0 Å². The van der Waals surface area contributed by atoms with E-state index in [0.717, 1.165) is 61.6 Å². The van der Waals surface area contributed by atoms with E-state index in [1.165, 1.54) is 0 Å². The largest absolute Gasteiger partial charge is 0.481 e. The molecule has 3 aromatic carbocycles. The smallest absolute Gasteiger partial charge is 0.329 e. The van der Waals surface area contributed by atoms with Gasteiger partial charge in [-0.15, -0.1) is 26.3 Å². The first-order chi connectivity index (χ1) is 45.7. The number of rotatable bonds is 42. The molecule has 538 valence electrons. The van der Waals surface area contributed by atoms with Gasteiger partial charge in [0.25, 0.3) is 0 Å². The van der Waals surface area contributed by atoms with Crippen LogP contribution in [-0.4, -0.2) is 99.3 Å². The molecule has 3 rings (SSSR count). The third kappa shape index (κ3) is 49.8. The first-order valence-corrected chi connectivity index (χ1v) is 33.5. The minimum Gasteiger partial charge on any atom is -0.481 e. The molecule has 6 N–H and O–H groups in total. The van der Waals surface area contributed by atoms with E-state index in [1.54, 1.807) is 53.7 Å². The lowest BCUT2D eigenvalue weighted by molar-refractivity contribution is -0.160. The number of carbonyl (C=O) groups is 10. The number of ether oxygens (including phenoxy) is 6. The molecular formula is C77H113N3O17. The first kappa shape index (κ1) is 88.6. The van der Waals surface area contributed by atoms with Gasteiger partial charge in [-0.2, -0.15) is 0 Å². The summed E-state index contributed by atoms with van der Waals surface area (Å²) in [4.78, 5) is 121. The number of amides is 1. The summed E-state index contributed by atoms with van der Waals surface area (Å²) in [5.41, 5.74) is 12.1. The van der Waals surface area contributed by atoms with Crippen LogP contribution in [-0.2, 0) is 96.2 Å². The zero-order valence-corrected chi connectivity index (χ0v) is 59.3. The Kier molecular flexibility index (Phi) is 46.6. The molecule has 0 unspecified atom stereocenters. The lowest BCUT2D eigenvalue weighted by Crippen LogP contribution is -2.47. The molecule has 0 fully saturated rings. The maximum absolute atomic E-state index is 13.3. The summed E-state index contributed by atoms with van der Waals surface area (Å²) in [6.45, 7) is 31.0. The number of carboxylic acid groups (broad SMARTS) is 1. The molecule has 1 amide bonds. The van der Waals surface area contributed by atoms with E-state index in [4.69, 9.17) is 45.0 Å². The van der Waals surface area contributed by atoms with Gasteiger partial charge in [0.2, 0.25) is 5.91 Å². The van der Waals surface area contributed by atoms with E-state index in [1.807, 2.05) is 124 Å². The van der Waals surface area contributed by atoms with Crippen molar-refractivity contribution in [1.29, 1.82) is 0 Å². The van der Waals surface area contributed by atoms with Gasteiger partial charge in [-0.05, 0) is 143 Å². The summed E-state index contributed by atoms with van der Waals surface area (Å²) in [6.07, 6.45) is 18.2. The number of carboxylic acids is 1. The SMILES string of the molecule is C=CCCCC(=O)C[C@@H](CC(=O)OCc1ccccc1)C(=O)O.C=CCCCCC[C@H](N)C(=O)OC(C)(C)C.C=CCCCCC[C@H](NC(=O)[C@@H](CC(=O)CCCC=C)CC(=O)OCc1ccccc1)C(=O)OC(C)(C)C.CC(C)(C)OC(=O)[C@@H](N)CC(=O)OCc1ccccc1.